The Kier molecular flexibility index (Phi) is 4.07. The summed E-state index contributed by atoms with van der Waals surface area (Å²) in [5.41, 5.74) is 2.09. The zero-order valence-electron chi connectivity index (χ0n) is 10.8. The minimum absolute atomic E-state index is 0.344. The zero-order chi connectivity index (χ0) is 14.0. The van der Waals surface area contributed by atoms with E-state index in [2.05, 4.69) is 13.8 Å². The molecule has 0 unspecified atom stereocenters. The molecule has 1 N–H and O–H groups in total. The molecule has 0 atom stereocenters. The van der Waals surface area contributed by atoms with Gasteiger partial charge in [-0.3, -0.25) is 9.59 Å². The van der Waals surface area contributed by atoms with Crippen LogP contribution in [0.15, 0.2) is 29.2 Å². The number of carbonyl (C=O) groups excluding carboxylic acids is 2. The van der Waals surface area contributed by atoms with E-state index in [0.717, 1.165) is 22.2 Å². The van der Waals surface area contributed by atoms with E-state index in [0.29, 0.717) is 10.8 Å². The van der Waals surface area contributed by atoms with Gasteiger partial charge in [0.25, 0.3) is 11.1 Å². The number of imide groups is 1. The Hall–Kier alpha value is -1.59. The van der Waals surface area contributed by atoms with Crippen LogP contribution in [0.1, 0.15) is 30.9 Å². The number of rotatable bonds is 3. The molecule has 0 spiro atoms. The van der Waals surface area contributed by atoms with Crippen LogP contribution in [0.3, 0.4) is 0 Å². The first-order chi connectivity index (χ1) is 9.02. The van der Waals surface area contributed by atoms with Crippen LogP contribution in [0.2, 0.25) is 0 Å². The summed E-state index contributed by atoms with van der Waals surface area (Å²) in [6, 6.07) is 7.85. The number of hydrogen-bond donors (Lipinski definition) is 1. The summed E-state index contributed by atoms with van der Waals surface area (Å²) in [4.78, 5) is 24.4. The molecule has 1 fully saturated rings. The SMILES string of the molecule is CC(C)c1ccc(/C=C2/SC(=O)N(CO)C2=O)cc1. The van der Waals surface area contributed by atoms with Gasteiger partial charge in [0.15, 0.2) is 0 Å². The van der Waals surface area contributed by atoms with Crippen molar-refractivity contribution in [2.45, 2.75) is 19.8 Å². The maximum Gasteiger partial charge on any atom is 0.295 e. The second kappa shape index (κ2) is 5.59. The number of thioether (sulfide) groups is 1. The van der Waals surface area contributed by atoms with Crippen LogP contribution in [0.4, 0.5) is 4.79 Å². The minimum atomic E-state index is -0.575. The van der Waals surface area contributed by atoms with Crippen LogP contribution in [0.5, 0.6) is 0 Å². The van der Waals surface area contributed by atoms with Crippen LogP contribution in [-0.2, 0) is 4.79 Å². The number of nitrogens with zero attached hydrogens (tertiary/aromatic N) is 1. The number of amides is 2. The fourth-order valence-electron chi connectivity index (χ4n) is 1.75. The lowest BCUT2D eigenvalue weighted by Gasteiger charge is -2.06. The van der Waals surface area contributed by atoms with E-state index in [1.807, 2.05) is 24.3 Å². The van der Waals surface area contributed by atoms with Crippen molar-refractivity contribution in [3.63, 3.8) is 0 Å². The third-order valence-corrected chi connectivity index (χ3v) is 3.82. The average molecular weight is 277 g/mol. The second-order valence-corrected chi connectivity index (χ2v) is 5.57. The lowest BCUT2D eigenvalue weighted by atomic mass is 10.0. The molecule has 0 aromatic heterocycles. The Morgan fingerprint density at radius 1 is 1.26 bits per heavy atom. The molecular formula is C14H15NO3S. The lowest BCUT2D eigenvalue weighted by molar-refractivity contribution is -0.125. The van der Waals surface area contributed by atoms with E-state index >= 15 is 0 Å². The van der Waals surface area contributed by atoms with Gasteiger partial charge in [0.2, 0.25) is 0 Å². The first-order valence-corrected chi connectivity index (χ1v) is 6.80. The van der Waals surface area contributed by atoms with Gasteiger partial charge in [-0.25, -0.2) is 4.90 Å². The lowest BCUT2D eigenvalue weighted by Crippen LogP contribution is -2.28. The van der Waals surface area contributed by atoms with E-state index in [9.17, 15) is 9.59 Å². The fraction of sp³-hybridized carbons (Fsp3) is 0.286. The summed E-state index contributed by atoms with van der Waals surface area (Å²) in [5.74, 6) is 0.0149. The third-order valence-electron chi connectivity index (χ3n) is 2.92. The Morgan fingerprint density at radius 3 is 2.37 bits per heavy atom. The maximum atomic E-state index is 11.8. The highest BCUT2D eigenvalue weighted by molar-refractivity contribution is 8.18. The third kappa shape index (κ3) is 2.88. The second-order valence-electron chi connectivity index (χ2n) is 4.57. The predicted molar refractivity (Wildman–Crippen MR) is 75.4 cm³/mol. The Balaban J connectivity index is 2.22. The maximum absolute atomic E-state index is 11.8. The number of aliphatic hydroxyl groups excluding tert-OH is 1. The van der Waals surface area contributed by atoms with Gasteiger partial charge in [-0.15, -0.1) is 0 Å². The molecule has 0 radical (unpaired) electrons. The van der Waals surface area contributed by atoms with Gasteiger partial charge in [0.1, 0.15) is 6.73 Å². The smallest absolute Gasteiger partial charge is 0.295 e. The highest BCUT2D eigenvalue weighted by Crippen LogP contribution is 2.31. The van der Waals surface area contributed by atoms with Gasteiger partial charge in [0.05, 0.1) is 4.91 Å². The van der Waals surface area contributed by atoms with Crippen molar-refractivity contribution < 1.29 is 14.7 Å². The highest BCUT2D eigenvalue weighted by atomic mass is 32.2. The van der Waals surface area contributed by atoms with Crippen LogP contribution >= 0.6 is 11.8 Å². The van der Waals surface area contributed by atoms with Crippen molar-refractivity contribution in [2.24, 2.45) is 0 Å². The van der Waals surface area contributed by atoms with Crippen molar-refractivity contribution in [3.05, 3.63) is 40.3 Å². The summed E-state index contributed by atoms with van der Waals surface area (Å²) in [7, 11) is 0. The van der Waals surface area contributed by atoms with Crippen LogP contribution < -0.4 is 0 Å². The quantitative estimate of drug-likeness (QED) is 0.863. The molecular weight excluding hydrogens is 262 g/mol. The first kappa shape index (κ1) is 13.8. The van der Waals surface area contributed by atoms with E-state index in [1.54, 1.807) is 6.08 Å². The van der Waals surface area contributed by atoms with E-state index in [1.165, 1.54) is 5.56 Å². The predicted octanol–water partition coefficient (Wildman–Crippen LogP) is 2.80. The van der Waals surface area contributed by atoms with Gasteiger partial charge in [-0.2, -0.15) is 0 Å². The van der Waals surface area contributed by atoms with Crippen LogP contribution in [-0.4, -0.2) is 27.9 Å². The van der Waals surface area contributed by atoms with Crippen molar-refractivity contribution >= 4 is 29.0 Å². The molecule has 1 aromatic rings. The molecule has 4 nitrogen and oxygen atoms in total. The van der Waals surface area contributed by atoms with Crippen LogP contribution in [0.25, 0.3) is 6.08 Å². The molecule has 1 saturated heterocycles. The number of carbonyl (C=O) groups is 2. The molecule has 100 valence electrons. The standard InChI is InChI=1S/C14H15NO3S/c1-9(2)11-5-3-10(4-6-11)7-12-13(17)15(8-16)14(18)19-12/h3-7,9,16H,8H2,1-2H3/b12-7+. The highest BCUT2D eigenvalue weighted by Gasteiger charge is 2.34. The summed E-state index contributed by atoms with van der Waals surface area (Å²) in [6.45, 7) is 3.65. The molecule has 1 aromatic carbocycles. The van der Waals surface area contributed by atoms with E-state index < -0.39 is 17.9 Å². The Bertz CT molecular complexity index is 534. The van der Waals surface area contributed by atoms with Gasteiger partial charge in [-0.1, -0.05) is 38.1 Å². The summed E-state index contributed by atoms with van der Waals surface area (Å²) in [5, 5.41) is 8.50. The van der Waals surface area contributed by atoms with Gasteiger partial charge in [0, 0.05) is 0 Å². The monoisotopic (exact) mass is 277 g/mol. The van der Waals surface area contributed by atoms with E-state index in [4.69, 9.17) is 5.11 Å². The fourth-order valence-corrected chi connectivity index (χ4v) is 2.58. The summed E-state index contributed by atoms with van der Waals surface area (Å²) < 4.78 is 0. The average Bonchev–Trinajstić information content (AvgIpc) is 2.64. The molecule has 0 aliphatic carbocycles. The number of aliphatic hydroxyl groups is 1. The molecule has 1 heterocycles. The number of hydrogen-bond acceptors (Lipinski definition) is 4. The van der Waals surface area contributed by atoms with Crippen molar-refractivity contribution in [2.75, 3.05) is 6.73 Å². The molecule has 0 saturated carbocycles. The van der Waals surface area contributed by atoms with Crippen molar-refractivity contribution in [1.29, 1.82) is 0 Å². The van der Waals surface area contributed by atoms with Gasteiger partial charge >= 0.3 is 0 Å². The molecule has 1 aliphatic rings. The van der Waals surface area contributed by atoms with Crippen molar-refractivity contribution in [3.8, 4) is 0 Å². The molecule has 2 amide bonds. The topological polar surface area (TPSA) is 57.6 Å². The van der Waals surface area contributed by atoms with Crippen LogP contribution in [0, 0.1) is 0 Å². The van der Waals surface area contributed by atoms with E-state index in [-0.39, 0.29) is 0 Å². The molecule has 2 rings (SSSR count). The summed E-state index contributed by atoms with van der Waals surface area (Å²) >= 11 is 0.850. The van der Waals surface area contributed by atoms with Gasteiger partial charge < -0.3 is 5.11 Å². The summed E-state index contributed by atoms with van der Waals surface area (Å²) in [6.07, 6.45) is 1.67. The normalized spacial score (nSPS) is 17.9. The number of benzene rings is 1. The molecule has 0 bridgehead atoms. The zero-order valence-corrected chi connectivity index (χ0v) is 11.6. The molecule has 5 heteroatoms. The minimum Gasteiger partial charge on any atom is -0.376 e. The Labute approximate surface area is 116 Å². The largest absolute Gasteiger partial charge is 0.376 e. The first-order valence-electron chi connectivity index (χ1n) is 5.99. The molecule has 19 heavy (non-hydrogen) atoms. The Morgan fingerprint density at radius 2 is 1.89 bits per heavy atom. The van der Waals surface area contributed by atoms with Crippen molar-refractivity contribution in [1.82, 2.24) is 4.90 Å². The van der Waals surface area contributed by atoms with Gasteiger partial charge in [-0.05, 0) is 34.9 Å². The molecule has 1 aliphatic heterocycles.